The average Bonchev–Trinajstić information content (AvgIpc) is 2.87. The molecule has 100 valence electrons. The first-order valence-corrected chi connectivity index (χ1v) is 6.80. The first-order valence-electron chi connectivity index (χ1n) is 6.80. The average molecular weight is 251 g/mol. The zero-order valence-corrected chi connectivity index (χ0v) is 11.1. The van der Waals surface area contributed by atoms with Crippen LogP contribution < -0.4 is 5.32 Å². The minimum absolute atomic E-state index is 0.238. The van der Waals surface area contributed by atoms with Gasteiger partial charge in [0.2, 0.25) is 6.39 Å². The molecule has 2 fully saturated rings. The van der Waals surface area contributed by atoms with E-state index in [2.05, 4.69) is 29.3 Å². The van der Waals surface area contributed by atoms with E-state index in [1.54, 1.807) is 0 Å². The van der Waals surface area contributed by atoms with Crippen LogP contribution >= 0.6 is 0 Å². The molecule has 0 bridgehead atoms. The highest BCUT2D eigenvalue weighted by molar-refractivity contribution is 5.10. The van der Waals surface area contributed by atoms with Gasteiger partial charge in [-0.1, -0.05) is 19.0 Å². The van der Waals surface area contributed by atoms with E-state index in [4.69, 9.17) is 9.26 Å². The Morgan fingerprint density at radius 2 is 2.39 bits per heavy atom. The molecule has 1 aromatic rings. The lowest BCUT2D eigenvalue weighted by atomic mass is 9.55. The van der Waals surface area contributed by atoms with Gasteiger partial charge in [0.15, 0.2) is 5.82 Å². The third kappa shape index (κ3) is 1.95. The van der Waals surface area contributed by atoms with Crippen molar-refractivity contribution in [3.8, 4) is 0 Å². The normalized spacial score (nSPS) is 33.8. The van der Waals surface area contributed by atoms with Crippen molar-refractivity contribution >= 4 is 0 Å². The molecule has 0 radical (unpaired) electrons. The minimum atomic E-state index is 0.238. The summed E-state index contributed by atoms with van der Waals surface area (Å²) >= 11 is 0. The van der Waals surface area contributed by atoms with E-state index in [0.717, 1.165) is 25.4 Å². The lowest BCUT2D eigenvalue weighted by molar-refractivity contribution is -0.192. The smallest absolute Gasteiger partial charge is 0.213 e. The van der Waals surface area contributed by atoms with Crippen LogP contribution in [0.25, 0.3) is 0 Å². The molecule has 3 unspecified atom stereocenters. The zero-order valence-electron chi connectivity index (χ0n) is 11.1. The van der Waals surface area contributed by atoms with E-state index in [1.165, 1.54) is 19.2 Å². The maximum Gasteiger partial charge on any atom is 0.213 e. The van der Waals surface area contributed by atoms with E-state index in [1.807, 2.05) is 0 Å². The second kappa shape index (κ2) is 4.63. The predicted octanol–water partition coefficient (Wildman–Crippen LogP) is 1.41. The zero-order chi connectivity index (χ0) is 12.6. The molecular weight excluding hydrogens is 230 g/mol. The molecule has 1 aliphatic heterocycles. The number of fused-ring (bicyclic) bond motifs is 1. The van der Waals surface area contributed by atoms with Crippen LogP contribution in [0.4, 0.5) is 0 Å². The summed E-state index contributed by atoms with van der Waals surface area (Å²) in [6.45, 7) is 6.42. The first-order chi connectivity index (χ1) is 8.69. The van der Waals surface area contributed by atoms with Gasteiger partial charge >= 0.3 is 0 Å². The number of rotatable bonds is 4. The van der Waals surface area contributed by atoms with Crippen LogP contribution in [0.5, 0.6) is 0 Å². The summed E-state index contributed by atoms with van der Waals surface area (Å²) in [6, 6.07) is 0.551. The molecule has 5 heteroatoms. The van der Waals surface area contributed by atoms with E-state index >= 15 is 0 Å². The van der Waals surface area contributed by atoms with Gasteiger partial charge in [0.1, 0.15) is 0 Å². The van der Waals surface area contributed by atoms with Crippen LogP contribution in [0.3, 0.4) is 0 Å². The maximum atomic E-state index is 5.89. The second-order valence-corrected chi connectivity index (χ2v) is 5.95. The van der Waals surface area contributed by atoms with Crippen LogP contribution in [0.15, 0.2) is 10.9 Å². The van der Waals surface area contributed by atoms with Crippen molar-refractivity contribution in [2.75, 3.05) is 13.2 Å². The Labute approximate surface area is 107 Å². The van der Waals surface area contributed by atoms with E-state index < -0.39 is 0 Å². The third-order valence-electron chi connectivity index (χ3n) is 4.45. The molecule has 5 nitrogen and oxygen atoms in total. The standard InChI is InChI=1S/C13H21N3O2/c1-13(2)11(9-4-3-7-17-12(9)13)14-6-5-10-15-8-18-16-10/h8-9,11-12,14H,3-7H2,1-2H3. The molecule has 1 aromatic heterocycles. The van der Waals surface area contributed by atoms with Crippen LogP contribution in [-0.4, -0.2) is 35.4 Å². The molecule has 3 rings (SSSR count). The number of nitrogens with one attached hydrogen (secondary N) is 1. The Balaban J connectivity index is 1.53. The molecule has 1 saturated carbocycles. The Morgan fingerprint density at radius 1 is 1.50 bits per heavy atom. The highest BCUT2D eigenvalue weighted by Gasteiger charge is 2.57. The molecule has 2 aliphatic rings. The largest absolute Gasteiger partial charge is 0.377 e. The Morgan fingerprint density at radius 3 is 3.17 bits per heavy atom. The van der Waals surface area contributed by atoms with Crippen molar-refractivity contribution in [2.24, 2.45) is 11.3 Å². The fourth-order valence-corrected chi connectivity index (χ4v) is 3.58. The predicted molar refractivity (Wildman–Crippen MR) is 66.0 cm³/mol. The van der Waals surface area contributed by atoms with Gasteiger partial charge in [-0.25, -0.2) is 0 Å². The fraction of sp³-hybridized carbons (Fsp3) is 0.846. The second-order valence-electron chi connectivity index (χ2n) is 5.95. The maximum absolute atomic E-state index is 5.89. The topological polar surface area (TPSA) is 60.2 Å². The number of ether oxygens (including phenoxy) is 1. The molecule has 0 aromatic carbocycles. The highest BCUT2D eigenvalue weighted by atomic mass is 16.5. The molecular formula is C13H21N3O2. The molecule has 0 spiro atoms. The summed E-state index contributed by atoms with van der Waals surface area (Å²) in [7, 11) is 0. The van der Waals surface area contributed by atoms with Gasteiger partial charge in [-0.2, -0.15) is 4.98 Å². The first kappa shape index (κ1) is 12.1. The van der Waals surface area contributed by atoms with Crippen molar-refractivity contribution < 1.29 is 9.26 Å². The summed E-state index contributed by atoms with van der Waals surface area (Å²) in [5.41, 5.74) is 0.238. The third-order valence-corrected chi connectivity index (χ3v) is 4.45. The summed E-state index contributed by atoms with van der Waals surface area (Å²) < 4.78 is 10.6. The minimum Gasteiger partial charge on any atom is -0.377 e. The van der Waals surface area contributed by atoms with Crippen molar-refractivity contribution in [1.29, 1.82) is 0 Å². The van der Waals surface area contributed by atoms with Gasteiger partial charge in [0.25, 0.3) is 0 Å². The SMILES string of the molecule is CC1(C)C(NCCc2ncon2)C2CCCOC21. The van der Waals surface area contributed by atoms with Gasteiger partial charge in [0.05, 0.1) is 6.10 Å². The molecule has 0 amide bonds. The van der Waals surface area contributed by atoms with Crippen LogP contribution in [0.2, 0.25) is 0 Å². The number of aromatic nitrogens is 2. The Kier molecular flexibility index (Phi) is 3.11. The molecule has 1 aliphatic carbocycles. The monoisotopic (exact) mass is 251 g/mol. The van der Waals surface area contributed by atoms with Crippen LogP contribution in [-0.2, 0) is 11.2 Å². The highest BCUT2D eigenvalue weighted by Crippen LogP contribution is 2.51. The summed E-state index contributed by atoms with van der Waals surface area (Å²) in [5, 5.41) is 7.47. The van der Waals surface area contributed by atoms with Gasteiger partial charge in [-0.05, 0) is 12.8 Å². The fourth-order valence-electron chi connectivity index (χ4n) is 3.58. The van der Waals surface area contributed by atoms with Crippen LogP contribution in [0.1, 0.15) is 32.5 Å². The summed E-state index contributed by atoms with van der Waals surface area (Å²) in [4.78, 5) is 4.03. The number of hydrogen-bond acceptors (Lipinski definition) is 5. The quantitative estimate of drug-likeness (QED) is 0.876. The van der Waals surface area contributed by atoms with Crippen LogP contribution in [0, 0.1) is 11.3 Å². The Bertz CT molecular complexity index is 391. The van der Waals surface area contributed by atoms with Gasteiger partial charge < -0.3 is 14.6 Å². The number of hydrogen-bond donors (Lipinski definition) is 1. The molecule has 18 heavy (non-hydrogen) atoms. The summed E-state index contributed by atoms with van der Waals surface area (Å²) in [5.74, 6) is 1.45. The molecule has 1 N–H and O–H groups in total. The number of nitrogens with zero attached hydrogens (tertiary/aromatic N) is 2. The molecule has 2 heterocycles. The van der Waals surface area contributed by atoms with Crippen molar-refractivity contribution in [2.45, 2.75) is 45.3 Å². The summed E-state index contributed by atoms with van der Waals surface area (Å²) in [6.07, 6.45) is 5.12. The van der Waals surface area contributed by atoms with E-state index in [-0.39, 0.29) is 5.41 Å². The lowest BCUT2D eigenvalue weighted by Crippen LogP contribution is -2.69. The lowest BCUT2D eigenvalue weighted by Gasteiger charge is -2.60. The van der Waals surface area contributed by atoms with Gasteiger partial charge in [0, 0.05) is 36.9 Å². The molecule has 1 saturated heterocycles. The van der Waals surface area contributed by atoms with Gasteiger partial charge in [-0.3, -0.25) is 0 Å². The van der Waals surface area contributed by atoms with E-state index in [9.17, 15) is 0 Å². The van der Waals surface area contributed by atoms with E-state index in [0.29, 0.717) is 18.1 Å². The van der Waals surface area contributed by atoms with Crippen molar-refractivity contribution in [3.63, 3.8) is 0 Å². The Hall–Kier alpha value is -0.940. The van der Waals surface area contributed by atoms with Crippen molar-refractivity contribution in [3.05, 3.63) is 12.2 Å². The molecule has 3 atom stereocenters. The van der Waals surface area contributed by atoms with Crippen molar-refractivity contribution in [1.82, 2.24) is 15.5 Å². The van der Waals surface area contributed by atoms with Gasteiger partial charge in [-0.15, -0.1) is 0 Å².